The molecule has 1 aliphatic carbocycles. The summed E-state index contributed by atoms with van der Waals surface area (Å²) in [6, 6.07) is 19.4. The van der Waals surface area contributed by atoms with Crippen LogP contribution < -0.4 is 11.1 Å². The van der Waals surface area contributed by atoms with Crippen LogP contribution in [0.1, 0.15) is 50.0 Å². The van der Waals surface area contributed by atoms with Crippen LogP contribution in [0.4, 0.5) is 5.82 Å². The zero-order valence-corrected chi connectivity index (χ0v) is 24.2. The molecule has 4 heterocycles. The van der Waals surface area contributed by atoms with Gasteiger partial charge in [0.25, 0.3) is 5.91 Å². The lowest BCUT2D eigenvalue weighted by Crippen LogP contribution is -2.27. The van der Waals surface area contributed by atoms with Gasteiger partial charge in [-0.1, -0.05) is 6.07 Å². The molecule has 4 N–H and O–H groups in total. The lowest BCUT2D eigenvalue weighted by atomic mass is 10.1. The second-order valence-corrected chi connectivity index (χ2v) is 10.7. The Kier molecular flexibility index (Phi) is 7.02. The molecule has 45 heavy (non-hydrogen) atoms. The Morgan fingerprint density at radius 1 is 1.13 bits per heavy atom. The fraction of sp³-hybridized carbons (Fsp3) is 0.152. The van der Waals surface area contributed by atoms with E-state index < -0.39 is 0 Å². The minimum atomic E-state index is -0.320. The summed E-state index contributed by atoms with van der Waals surface area (Å²) in [7, 11) is 1.63. The first kappa shape index (κ1) is 27.9. The topological polar surface area (TPSA) is 163 Å². The summed E-state index contributed by atoms with van der Waals surface area (Å²) in [4.78, 5) is 38.5. The minimum absolute atomic E-state index is 0.0662. The zero-order chi connectivity index (χ0) is 31.1. The Labute approximate surface area is 257 Å². The number of aryl methyl sites for hydroxylation is 1. The van der Waals surface area contributed by atoms with Crippen molar-refractivity contribution in [1.29, 1.82) is 0 Å². The number of aldehydes is 1. The summed E-state index contributed by atoms with van der Waals surface area (Å²) in [6.07, 6.45) is 5.46. The quantitative estimate of drug-likeness (QED) is 0.216. The Morgan fingerprint density at radius 2 is 2.02 bits per heavy atom. The van der Waals surface area contributed by atoms with Crippen molar-refractivity contribution < 1.29 is 19.4 Å². The van der Waals surface area contributed by atoms with Crippen LogP contribution in [-0.2, 0) is 17.8 Å². The largest absolute Gasteiger partial charge is 0.507 e. The van der Waals surface area contributed by atoms with Crippen molar-refractivity contribution in [2.24, 2.45) is 0 Å². The van der Waals surface area contributed by atoms with E-state index in [9.17, 15) is 14.7 Å². The second-order valence-electron chi connectivity index (χ2n) is 10.7. The number of imidazole rings is 1. The van der Waals surface area contributed by atoms with Crippen LogP contribution in [0.25, 0.3) is 34.1 Å². The molecule has 1 aliphatic rings. The van der Waals surface area contributed by atoms with Crippen molar-refractivity contribution in [2.45, 2.75) is 25.5 Å². The highest BCUT2D eigenvalue weighted by atomic mass is 16.5. The number of phenols is 1. The summed E-state index contributed by atoms with van der Waals surface area (Å²) in [5, 5.41) is 17.5. The molecular weight excluding hydrogens is 572 g/mol. The molecule has 0 fully saturated rings. The number of methoxy groups -OCH3 is 1. The van der Waals surface area contributed by atoms with Crippen LogP contribution in [0.15, 0.2) is 79.1 Å². The molecule has 224 valence electrons. The molecule has 0 saturated heterocycles. The summed E-state index contributed by atoms with van der Waals surface area (Å²) in [5.41, 5.74) is 12.4. The number of carbonyl (C=O) groups excluding carboxylic acids is 2. The van der Waals surface area contributed by atoms with Gasteiger partial charge < -0.3 is 20.9 Å². The number of ether oxygens (including phenoxy) is 1. The molecule has 0 spiro atoms. The number of benzene rings is 2. The van der Waals surface area contributed by atoms with Gasteiger partial charge in [-0.05, 0) is 84.6 Å². The van der Waals surface area contributed by atoms with Crippen molar-refractivity contribution >= 4 is 29.2 Å². The van der Waals surface area contributed by atoms with Gasteiger partial charge in [-0.3, -0.25) is 14.2 Å². The van der Waals surface area contributed by atoms with Gasteiger partial charge in [-0.15, -0.1) is 0 Å². The number of carbonyl (C=O) groups is 2. The lowest BCUT2D eigenvalue weighted by molar-refractivity contribution is 0.0936. The first-order valence-corrected chi connectivity index (χ1v) is 14.3. The third kappa shape index (κ3) is 5.06. The number of fused-ring (bicyclic) bond motifs is 2. The maximum Gasteiger partial charge on any atom is 0.251 e. The van der Waals surface area contributed by atoms with Gasteiger partial charge >= 0.3 is 0 Å². The predicted octanol–water partition coefficient (Wildman–Crippen LogP) is 4.33. The molecule has 1 amide bonds. The normalized spacial score (nSPS) is 14.0. The zero-order valence-electron chi connectivity index (χ0n) is 24.2. The summed E-state index contributed by atoms with van der Waals surface area (Å²) < 4.78 is 8.88. The molecule has 6 aromatic rings. The highest BCUT2D eigenvalue weighted by Crippen LogP contribution is 2.36. The molecule has 0 aliphatic heterocycles. The third-order valence-electron chi connectivity index (χ3n) is 7.93. The van der Waals surface area contributed by atoms with Gasteiger partial charge in [0.15, 0.2) is 23.6 Å². The Balaban J connectivity index is 1.28. The van der Waals surface area contributed by atoms with Crippen LogP contribution in [0, 0.1) is 0 Å². The number of aromatic nitrogens is 6. The number of nitrogens with one attached hydrogen (secondary N) is 1. The van der Waals surface area contributed by atoms with Gasteiger partial charge in [-0.25, -0.2) is 19.6 Å². The molecule has 12 heteroatoms. The van der Waals surface area contributed by atoms with Crippen LogP contribution in [-0.4, -0.2) is 53.7 Å². The van der Waals surface area contributed by atoms with E-state index in [-0.39, 0.29) is 23.3 Å². The van der Waals surface area contributed by atoms with Gasteiger partial charge in [0.1, 0.15) is 17.1 Å². The number of anilines is 1. The first-order valence-electron chi connectivity index (χ1n) is 14.3. The number of hydrogen-bond acceptors (Lipinski definition) is 9. The number of pyridine rings is 2. The molecule has 0 radical (unpaired) electrons. The number of phenolic OH excluding ortho intramolecular Hbond substituents is 1. The molecule has 7 rings (SSSR count). The lowest BCUT2D eigenvalue weighted by Gasteiger charge is -2.16. The molecular formula is C33H28N8O4. The molecule has 4 aromatic heterocycles. The molecule has 0 bridgehead atoms. The number of nitrogens with two attached hydrogens (primary N) is 1. The highest BCUT2D eigenvalue weighted by Gasteiger charge is 2.26. The van der Waals surface area contributed by atoms with Crippen LogP contribution in [0.2, 0.25) is 0 Å². The number of nitrogen functional groups attached to an aromatic ring is 1. The van der Waals surface area contributed by atoms with E-state index in [0.717, 1.165) is 28.9 Å². The average Bonchev–Trinajstić information content (AvgIpc) is 3.78. The van der Waals surface area contributed by atoms with Crippen molar-refractivity contribution in [2.75, 3.05) is 12.8 Å². The van der Waals surface area contributed by atoms with E-state index in [1.54, 1.807) is 18.0 Å². The minimum Gasteiger partial charge on any atom is -0.507 e. The summed E-state index contributed by atoms with van der Waals surface area (Å²) in [6.45, 7) is 0.392. The first-order chi connectivity index (χ1) is 21.9. The SMILES string of the molecule is COCc1ccn(-c2ccc3nc(-c4cccnc4N)n(-c4ccc5c(c4)CC[C@@H]5NC(=O)c4ccc(O)c(C=O)c4)c3n2)n1. The van der Waals surface area contributed by atoms with E-state index in [1.165, 1.54) is 18.2 Å². The standard InChI is InChI=1S/C33H28N8O4/c1-45-18-22-12-14-40(39-22)29-11-9-27-32(38-29)41(31(36-27)25-3-2-13-35-30(25)34)23-6-7-24-19(16-23)4-8-26(24)37-33(44)20-5-10-28(43)21(15-20)17-42/h2-3,5-7,9-17,26,43H,4,8,18H2,1H3,(H2,34,35)(H,37,44)/t26-/m0/s1. The van der Waals surface area contributed by atoms with Crippen molar-refractivity contribution in [1.82, 2.24) is 34.6 Å². The molecule has 1 atom stereocenters. The van der Waals surface area contributed by atoms with Crippen LogP contribution in [0.5, 0.6) is 5.75 Å². The third-order valence-corrected chi connectivity index (χ3v) is 7.93. The molecule has 0 saturated carbocycles. The Bertz CT molecular complexity index is 2100. The van der Waals surface area contributed by atoms with Gasteiger partial charge in [-0.2, -0.15) is 5.10 Å². The number of nitrogens with zero attached hydrogens (tertiary/aromatic N) is 6. The summed E-state index contributed by atoms with van der Waals surface area (Å²) >= 11 is 0. The van der Waals surface area contributed by atoms with Gasteiger partial charge in [0.2, 0.25) is 0 Å². The predicted molar refractivity (Wildman–Crippen MR) is 166 cm³/mol. The smallest absolute Gasteiger partial charge is 0.251 e. The van der Waals surface area contributed by atoms with Crippen LogP contribution >= 0.6 is 0 Å². The van der Waals surface area contributed by atoms with Crippen molar-refractivity contribution in [3.8, 4) is 28.6 Å². The van der Waals surface area contributed by atoms with Crippen molar-refractivity contribution in [3.63, 3.8) is 0 Å². The Morgan fingerprint density at radius 3 is 2.84 bits per heavy atom. The maximum absolute atomic E-state index is 13.0. The fourth-order valence-corrected chi connectivity index (χ4v) is 5.75. The number of amides is 1. The Hall–Kier alpha value is -5.88. The number of rotatable bonds is 8. The maximum atomic E-state index is 13.0. The van der Waals surface area contributed by atoms with E-state index in [1.807, 2.05) is 53.2 Å². The van der Waals surface area contributed by atoms with E-state index in [0.29, 0.717) is 59.1 Å². The highest BCUT2D eigenvalue weighted by molar-refractivity contribution is 5.96. The molecule has 12 nitrogen and oxygen atoms in total. The van der Waals surface area contributed by atoms with Gasteiger partial charge in [0, 0.05) is 30.8 Å². The van der Waals surface area contributed by atoms with Gasteiger partial charge in [0.05, 0.1) is 29.5 Å². The van der Waals surface area contributed by atoms with E-state index in [2.05, 4.69) is 21.5 Å². The number of aromatic hydroxyl groups is 1. The summed E-state index contributed by atoms with van der Waals surface area (Å²) in [5.74, 6) is 1.08. The average molecular weight is 601 g/mol. The van der Waals surface area contributed by atoms with E-state index >= 15 is 0 Å². The van der Waals surface area contributed by atoms with Crippen LogP contribution in [0.3, 0.4) is 0 Å². The monoisotopic (exact) mass is 600 g/mol. The molecule has 0 unspecified atom stereocenters. The fourth-order valence-electron chi connectivity index (χ4n) is 5.75. The van der Waals surface area contributed by atoms with E-state index in [4.69, 9.17) is 20.4 Å². The second kappa shape index (κ2) is 11.3. The van der Waals surface area contributed by atoms with Crippen molar-refractivity contribution in [3.05, 3.63) is 107 Å². The molecule has 2 aromatic carbocycles. The number of hydrogen-bond donors (Lipinski definition) is 3.